The third-order valence-electron chi connectivity index (χ3n) is 4.03. The molecule has 8 nitrogen and oxygen atoms in total. The fourth-order valence-corrected chi connectivity index (χ4v) is 4.48. The number of thiophene rings is 1. The zero-order chi connectivity index (χ0) is 20.2. The smallest absolute Gasteiger partial charge is 0.271 e. The molecule has 10 heteroatoms. The molecule has 4 aromatic rings. The highest BCUT2D eigenvalue weighted by Gasteiger charge is 2.14. The summed E-state index contributed by atoms with van der Waals surface area (Å²) in [4.78, 5) is 38.7. The maximum Gasteiger partial charge on any atom is 0.271 e. The molecule has 29 heavy (non-hydrogen) atoms. The first-order chi connectivity index (χ1) is 14.1. The summed E-state index contributed by atoms with van der Waals surface area (Å²) in [5.74, 6) is -0.346. The molecule has 0 atom stereocenters. The van der Waals surface area contributed by atoms with E-state index in [1.165, 1.54) is 29.3 Å². The van der Waals surface area contributed by atoms with Gasteiger partial charge in [-0.05, 0) is 24.4 Å². The van der Waals surface area contributed by atoms with Gasteiger partial charge in [0.05, 0.1) is 28.2 Å². The van der Waals surface area contributed by atoms with Crippen LogP contribution in [-0.2, 0) is 6.54 Å². The largest absolute Gasteiger partial charge is 0.349 e. The van der Waals surface area contributed by atoms with Crippen LogP contribution in [0.15, 0.2) is 53.0 Å². The number of nitrogens with zero attached hydrogens (tertiary/aromatic N) is 5. The number of carbonyl (C=O) groups is 1. The molecule has 4 aromatic heterocycles. The third kappa shape index (κ3) is 4.28. The lowest BCUT2D eigenvalue weighted by Gasteiger charge is -2.07. The fourth-order valence-electron chi connectivity index (χ4n) is 2.65. The number of thiazole rings is 1. The van der Waals surface area contributed by atoms with E-state index in [1.54, 1.807) is 28.7 Å². The van der Waals surface area contributed by atoms with Crippen molar-refractivity contribution in [2.24, 2.45) is 0 Å². The first-order valence-electron chi connectivity index (χ1n) is 8.76. The molecule has 0 unspecified atom stereocenters. The molecule has 0 aromatic carbocycles. The number of aromatic nitrogens is 5. The molecule has 4 rings (SSSR count). The Morgan fingerprint density at radius 1 is 1.24 bits per heavy atom. The van der Waals surface area contributed by atoms with Gasteiger partial charge in [-0.1, -0.05) is 6.07 Å². The fraction of sp³-hybridized carbons (Fsp3) is 0.158. The molecule has 0 aliphatic rings. The van der Waals surface area contributed by atoms with E-state index in [0.717, 1.165) is 20.5 Å². The lowest BCUT2D eigenvalue weighted by molar-refractivity contribution is 0.0946. The average molecular weight is 425 g/mol. The summed E-state index contributed by atoms with van der Waals surface area (Å²) in [5, 5.41) is 10.1. The van der Waals surface area contributed by atoms with Crippen LogP contribution in [0.1, 0.15) is 16.2 Å². The van der Waals surface area contributed by atoms with Gasteiger partial charge in [0.15, 0.2) is 0 Å². The molecule has 0 bridgehead atoms. The molecule has 0 saturated carbocycles. The minimum Gasteiger partial charge on any atom is -0.349 e. The molecule has 4 heterocycles. The zero-order valence-corrected chi connectivity index (χ0v) is 17.0. The maximum absolute atomic E-state index is 12.2. The molecule has 0 fully saturated rings. The van der Waals surface area contributed by atoms with Crippen LogP contribution in [-0.4, -0.2) is 37.2 Å². The van der Waals surface area contributed by atoms with Crippen molar-refractivity contribution in [3.05, 3.63) is 70.0 Å². The summed E-state index contributed by atoms with van der Waals surface area (Å²) in [6.45, 7) is 2.42. The molecule has 146 valence electrons. The molecule has 0 radical (unpaired) electrons. The second-order valence-corrected chi connectivity index (χ2v) is 7.98. The Hall–Kier alpha value is -3.24. The van der Waals surface area contributed by atoms with E-state index in [9.17, 15) is 9.59 Å². The van der Waals surface area contributed by atoms with Crippen LogP contribution in [0.3, 0.4) is 0 Å². The maximum atomic E-state index is 12.2. The highest BCUT2D eigenvalue weighted by atomic mass is 32.1. The van der Waals surface area contributed by atoms with Crippen molar-refractivity contribution in [2.75, 3.05) is 6.54 Å². The van der Waals surface area contributed by atoms with Gasteiger partial charge >= 0.3 is 0 Å². The minimum atomic E-state index is -0.346. The van der Waals surface area contributed by atoms with Gasteiger partial charge in [-0.3, -0.25) is 14.6 Å². The van der Waals surface area contributed by atoms with E-state index in [0.29, 0.717) is 5.69 Å². The summed E-state index contributed by atoms with van der Waals surface area (Å²) in [7, 11) is 0. The van der Waals surface area contributed by atoms with Crippen LogP contribution in [0.5, 0.6) is 0 Å². The number of hydrogen-bond donors (Lipinski definition) is 1. The number of rotatable bonds is 6. The summed E-state index contributed by atoms with van der Waals surface area (Å²) in [6, 6.07) is 7.21. The van der Waals surface area contributed by atoms with Crippen LogP contribution in [0.4, 0.5) is 0 Å². The normalized spacial score (nSPS) is 10.8. The third-order valence-corrected chi connectivity index (χ3v) is 6.25. The second kappa shape index (κ2) is 8.41. The molecule has 1 N–H and O–H groups in total. The Morgan fingerprint density at radius 3 is 2.90 bits per heavy atom. The van der Waals surface area contributed by atoms with Crippen molar-refractivity contribution in [1.29, 1.82) is 0 Å². The zero-order valence-electron chi connectivity index (χ0n) is 15.4. The van der Waals surface area contributed by atoms with Gasteiger partial charge in [0.25, 0.3) is 11.5 Å². The molecule has 0 spiro atoms. The molecule has 1 amide bonds. The second-order valence-electron chi connectivity index (χ2n) is 6.04. The molecule has 0 saturated heterocycles. The molecule has 0 aliphatic carbocycles. The van der Waals surface area contributed by atoms with Crippen molar-refractivity contribution in [2.45, 2.75) is 13.5 Å². The monoisotopic (exact) mass is 424 g/mol. The van der Waals surface area contributed by atoms with Crippen LogP contribution < -0.4 is 10.9 Å². The van der Waals surface area contributed by atoms with Gasteiger partial charge in [-0.15, -0.1) is 22.7 Å². The Labute approximate surface area is 173 Å². The predicted octanol–water partition coefficient (Wildman–Crippen LogP) is 2.62. The Morgan fingerprint density at radius 2 is 2.14 bits per heavy atom. The first kappa shape index (κ1) is 19.1. The van der Waals surface area contributed by atoms with Crippen molar-refractivity contribution in [1.82, 2.24) is 30.0 Å². The van der Waals surface area contributed by atoms with Gasteiger partial charge in [0, 0.05) is 25.0 Å². The Bertz CT molecular complexity index is 1190. The summed E-state index contributed by atoms with van der Waals surface area (Å²) in [6.07, 6.45) is 4.33. The van der Waals surface area contributed by atoms with E-state index in [1.807, 2.05) is 24.4 Å². The summed E-state index contributed by atoms with van der Waals surface area (Å²) in [5.41, 5.74) is 1.54. The lowest BCUT2D eigenvalue weighted by atomic mass is 10.3. The number of nitrogens with one attached hydrogen (secondary N) is 1. The lowest BCUT2D eigenvalue weighted by Crippen LogP contribution is -2.32. The standard InChI is InChI=1S/C19H16N6O2S2/c1-12-17(29-19(23-12)15-3-2-10-28-15)13-4-5-16(26)25(24-13)9-8-22-18(27)14-11-20-6-7-21-14/h2-7,10-11H,8-9H2,1H3,(H,22,27). The van der Waals surface area contributed by atoms with Gasteiger partial charge in [0.2, 0.25) is 0 Å². The van der Waals surface area contributed by atoms with Crippen molar-refractivity contribution >= 4 is 28.6 Å². The van der Waals surface area contributed by atoms with E-state index in [4.69, 9.17) is 0 Å². The predicted molar refractivity (Wildman–Crippen MR) is 112 cm³/mol. The van der Waals surface area contributed by atoms with Crippen molar-refractivity contribution in [3.63, 3.8) is 0 Å². The summed E-state index contributed by atoms with van der Waals surface area (Å²) >= 11 is 3.18. The number of carbonyl (C=O) groups excluding carboxylic acids is 1. The highest BCUT2D eigenvalue weighted by molar-refractivity contribution is 7.23. The van der Waals surface area contributed by atoms with Crippen molar-refractivity contribution < 1.29 is 4.79 Å². The molecule has 0 aliphatic heterocycles. The highest BCUT2D eigenvalue weighted by Crippen LogP contribution is 2.35. The van der Waals surface area contributed by atoms with Crippen LogP contribution in [0.25, 0.3) is 20.5 Å². The Kier molecular flexibility index (Phi) is 5.54. The SMILES string of the molecule is Cc1nc(-c2cccs2)sc1-c1ccc(=O)n(CCNC(=O)c2cnccn2)n1. The molecular formula is C19H16N6O2S2. The van der Waals surface area contributed by atoms with Crippen LogP contribution >= 0.6 is 22.7 Å². The van der Waals surface area contributed by atoms with Crippen LogP contribution in [0, 0.1) is 6.92 Å². The van der Waals surface area contributed by atoms with E-state index in [-0.39, 0.29) is 30.2 Å². The van der Waals surface area contributed by atoms with Crippen LogP contribution in [0.2, 0.25) is 0 Å². The molecular weight excluding hydrogens is 408 g/mol. The van der Waals surface area contributed by atoms with E-state index in [2.05, 4.69) is 25.4 Å². The number of hydrogen-bond acceptors (Lipinski definition) is 8. The van der Waals surface area contributed by atoms with E-state index < -0.39 is 0 Å². The summed E-state index contributed by atoms with van der Waals surface area (Å²) < 4.78 is 1.34. The number of amides is 1. The van der Waals surface area contributed by atoms with E-state index >= 15 is 0 Å². The van der Waals surface area contributed by atoms with Gasteiger partial charge in [-0.2, -0.15) is 5.10 Å². The topological polar surface area (TPSA) is 103 Å². The Balaban J connectivity index is 1.50. The van der Waals surface area contributed by atoms with Gasteiger partial charge < -0.3 is 5.32 Å². The minimum absolute atomic E-state index is 0.225. The van der Waals surface area contributed by atoms with Gasteiger partial charge in [0.1, 0.15) is 16.4 Å². The quantitative estimate of drug-likeness (QED) is 0.510. The average Bonchev–Trinajstić information content (AvgIpc) is 3.40. The first-order valence-corrected chi connectivity index (χ1v) is 10.5. The van der Waals surface area contributed by atoms with Gasteiger partial charge in [-0.25, -0.2) is 14.6 Å². The number of aryl methyl sites for hydroxylation is 1. The van der Waals surface area contributed by atoms with Crippen molar-refractivity contribution in [3.8, 4) is 20.5 Å².